The highest BCUT2D eigenvalue weighted by atomic mass is 32.1. The Kier molecular flexibility index (Phi) is 4.69. The third-order valence-corrected chi connectivity index (χ3v) is 3.66. The highest BCUT2D eigenvalue weighted by molar-refractivity contribution is 7.12. The molecule has 2 aromatic rings. The molecule has 5 nitrogen and oxygen atoms in total. The molecule has 0 saturated heterocycles. The van der Waals surface area contributed by atoms with Crippen LogP contribution in [0.25, 0.3) is 0 Å². The number of carboxylic acid groups (broad SMARTS) is 1. The van der Waals surface area contributed by atoms with Crippen molar-refractivity contribution in [3.8, 4) is 6.07 Å². The van der Waals surface area contributed by atoms with Gasteiger partial charge in [-0.25, -0.2) is 4.79 Å². The van der Waals surface area contributed by atoms with Crippen molar-refractivity contribution in [3.63, 3.8) is 0 Å². The first-order valence-corrected chi connectivity index (χ1v) is 6.91. The van der Waals surface area contributed by atoms with Gasteiger partial charge in [-0.05, 0) is 17.7 Å². The van der Waals surface area contributed by atoms with Crippen LogP contribution in [0.5, 0.6) is 0 Å². The maximum atomic E-state index is 10.9. The molecule has 0 amide bonds. The standard InChI is InChI=1S/C14H13N3O2S/c15-4-2-6-17(9-11-3-1-5-16-8-11)12-7-13(14(18)19)20-10-12/h1,3,5,7-8,10H,2,6,9H2,(H,18,19). The molecule has 2 heterocycles. The number of aromatic nitrogens is 1. The zero-order chi connectivity index (χ0) is 14.4. The Hall–Kier alpha value is -2.39. The van der Waals surface area contributed by atoms with Gasteiger partial charge in [0.2, 0.25) is 0 Å². The first-order valence-electron chi connectivity index (χ1n) is 6.03. The molecule has 20 heavy (non-hydrogen) atoms. The van der Waals surface area contributed by atoms with E-state index in [1.165, 1.54) is 11.3 Å². The molecular formula is C14H13N3O2S. The van der Waals surface area contributed by atoms with E-state index in [0.29, 0.717) is 24.4 Å². The van der Waals surface area contributed by atoms with E-state index in [-0.39, 0.29) is 0 Å². The van der Waals surface area contributed by atoms with Gasteiger partial charge in [0.05, 0.1) is 12.5 Å². The van der Waals surface area contributed by atoms with Gasteiger partial charge in [0.25, 0.3) is 0 Å². The van der Waals surface area contributed by atoms with E-state index in [1.807, 2.05) is 17.0 Å². The van der Waals surface area contributed by atoms with E-state index in [2.05, 4.69) is 11.1 Å². The van der Waals surface area contributed by atoms with Crippen LogP contribution in [-0.4, -0.2) is 22.6 Å². The Labute approximate surface area is 120 Å². The number of carboxylic acids is 1. The summed E-state index contributed by atoms with van der Waals surface area (Å²) in [5.41, 5.74) is 1.85. The lowest BCUT2D eigenvalue weighted by Crippen LogP contribution is -2.23. The summed E-state index contributed by atoms with van der Waals surface area (Å²) in [5.74, 6) is -0.928. The lowest BCUT2D eigenvalue weighted by molar-refractivity contribution is 0.0702. The predicted molar refractivity (Wildman–Crippen MR) is 76.8 cm³/mol. The molecule has 0 unspecified atom stereocenters. The largest absolute Gasteiger partial charge is 0.477 e. The average Bonchev–Trinajstić information content (AvgIpc) is 2.94. The zero-order valence-electron chi connectivity index (χ0n) is 10.7. The summed E-state index contributed by atoms with van der Waals surface area (Å²) < 4.78 is 0. The second kappa shape index (κ2) is 6.68. The van der Waals surface area contributed by atoms with Crippen LogP contribution >= 0.6 is 11.3 Å². The molecule has 0 aromatic carbocycles. The summed E-state index contributed by atoms with van der Waals surface area (Å²) >= 11 is 1.19. The van der Waals surface area contributed by atoms with E-state index in [9.17, 15) is 4.79 Å². The van der Waals surface area contributed by atoms with Crippen molar-refractivity contribution in [3.05, 3.63) is 46.4 Å². The maximum Gasteiger partial charge on any atom is 0.345 e. The number of nitriles is 1. The molecule has 0 bridgehead atoms. The minimum atomic E-state index is -0.928. The quantitative estimate of drug-likeness (QED) is 0.884. The Morgan fingerprint density at radius 3 is 3.00 bits per heavy atom. The van der Waals surface area contributed by atoms with E-state index >= 15 is 0 Å². The lowest BCUT2D eigenvalue weighted by atomic mass is 10.2. The molecule has 0 aliphatic heterocycles. The summed E-state index contributed by atoms with van der Waals surface area (Å²) in [7, 11) is 0. The number of thiophene rings is 1. The third kappa shape index (κ3) is 3.56. The van der Waals surface area contributed by atoms with Gasteiger partial charge in [-0.2, -0.15) is 5.26 Å². The number of aromatic carboxylic acids is 1. The van der Waals surface area contributed by atoms with E-state index in [4.69, 9.17) is 10.4 Å². The summed E-state index contributed by atoms with van der Waals surface area (Å²) in [6.07, 6.45) is 3.86. The van der Waals surface area contributed by atoms with Crippen LogP contribution in [0.2, 0.25) is 0 Å². The van der Waals surface area contributed by atoms with Gasteiger partial charge < -0.3 is 10.0 Å². The van der Waals surface area contributed by atoms with Crippen molar-refractivity contribution in [2.24, 2.45) is 0 Å². The Bertz CT molecular complexity index is 619. The Morgan fingerprint density at radius 2 is 2.40 bits per heavy atom. The molecule has 0 fully saturated rings. The zero-order valence-corrected chi connectivity index (χ0v) is 11.5. The molecule has 2 aromatic heterocycles. The van der Waals surface area contributed by atoms with Gasteiger partial charge in [-0.15, -0.1) is 11.3 Å². The number of hydrogen-bond acceptors (Lipinski definition) is 5. The van der Waals surface area contributed by atoms with Crippen LogP contribution < -0.4 is 4.90 Å². The number of nitrogens with zero attached hydrogens (tertiary/aromatic N) is 3. The van der Waals surface area contributed by atoms with Crippen LogP contribution in [0.3, 0.4) is 0 Å². The molecule has 2 rings (SSSR count). The highest BCUT2D eigenvalue weighted by Crippen LogP contribution is 2.25. The summed E-state index contributed by atoms with van der Waals surface area (Å²) in [6, 6.07) is 7.56. The van der Waals surface area contributed by atoms with Crippen LogP contribution in [0, 0.1) is 11.3 Å². The molecule has 0 radical (unpaired) electrons. The SMILES string of the molecule is N#CCCN(Cc1cccnc1)c1csc(C(=O)O)c1. The lowest BCUT2D eigenvalue weighted by Gasteiger charge is -2.22. The van der Waals surface area contributed by atoms with Gasteiger partial charge in [0, 0.05) is 36.6 Å². The van der Waals surface area contributed by atoms with Gasteiger partial charge in [-0.3, -0.25) is 4.98 Å². The van der Waals surface area contributed by atoms with Crippen LogP contribution in [-0.2, 0) is 6.54 Å². The van der Waals surface area contributed by atoms with E-state index in [1.54, 1.807) is 23.8 Å². The molecular weight excluding hydrogens is 274 g/mol. The average molecular weight is 287 g/mol. The normalized spacial score (nSPS) is 9.95. The summed E-state index contributed by atoms with van der Waals surface area (Å²) in [5, 5.41) is 19.5. The smallest absolute Gasteiger partial charge is 0.345 e. The minimum Gasteiger partial charge on any atom is -0.477 e. The summed E-state index contributed by atoms with van der Waals surface area (Å²) in [6.45, 7) is 1.16. The van der Waals surface area contributed by atoms with Crippen LogP contribution in [0.1, 0.15) is 21.7 Å². The van der Waals surface area contributed by atoms with Crippen molar-refractivity contribution in [2.45, 2.75) is 13.0 Å². The van der Waals surface area contributed by atoms with Crippen molar-refractivity contribution in [1.29, 1.82) is 5.26 Å². The second-order valence-corrected chi connectivity index (χ2v) is 5.08. The van der Waals surface area contributed by atoms with E-state index in [0.717, 1.165) is 11.3 Å². The fourth-order valence-electron chi connectivity index (χ4n) is 1.80. The molecule has 0 atom stereocenters. The predicted octanol–water partition coefficient (Wildman–Crippen LogP) is 2.76. The molecule has 102 valence electrons. The number of pyridine rings is 1. The number of anilines is 1. The molecule has 0 spiro atoms. The van der Waals surface area contributed by atoms with Crippen LogP contribution in [0.15, 0.2) is 36.0 Å². The first kappa shape index (κ1) is 14.0. The molecule has 6 heteroatoms. The van der Waals surface area contributed by atoms with Crippen LogP contribution in [0.4, 0.5) is 5.69 Å². The number of rotatable bonds is 6. The first-order chi connectivity index (χ1) is 9.70. The van der Waals surface area contributed by atoms with Gasteiger partial charge in [-0.1, -0.05) is 6.07 Å². The van der Waals surface area contributed by atoms with Gasteiger partial charge >= 0.3 is 5.97 Å². The Balaban J connectivity index is 2.18. The number of carbonyl (C=O) groups is 1. The van der Waals surface area contributed by atoms with Crippen molar-refractivity contribution in [2.75, 3.05) is 11.4 Å². The second-order valence-electron chi connectivity index (χ2n) is 4.17. The summed E-state index contributed by atoms with van der Waals surface area (Å²) in [4.78, 5) is 17.3. The fourth-order valence-corrected chi connectivity index (χ4v) is 2.56. The van der Waals surface area contributed by atoms with Gasteiger partial charge in [0.1, 0.15) is 4.88 Å². The molecule has 1 N–H and O–H groups in total. The third-order valence-electron chi connectivity index (χ3n) is 2.75. The van der Waals surface area contributed by atoms with Crippen molar-refractivity contribution in [1.82, 2.24) is 4.98 Å². The molecule has 0 saturated carbocycles. The fraction of sp³-hybridized carbons (Fsp3) is 0.214. The van der Waals surface area contributed by atoms with Crippen molar-refractivity contribution >= 4 is 23.0 Å². The number of hydrogen-bond donors (Lipinski definition) is 1. The molecule has 0 aliphatic carbocycles. The minimum absolute atomic E-state index is 0.299. The van der Waals surface area contributed by atoms with Gasteiger partial charge in [0.15, 0.2) is 0 Å². The Morgan fingerprint density at radius 1 is 1.55 bits per heavy atom. The highest BCUT2D eigenvalue weighted by Gasteiger charge is 2.13. The topological polar surface area (TPSA) is 77.2 Å². The van der Waals surface area contributed by atoms with E-state index < -0.39 is 5.97 Å². The maximum absolute atomic E-state index is 10.9. The van der Waals surface area contributed by atoms with Crippen molar-refractivity contribution < 1.29 is 9.90 Å². The monoisotopic (exact) mass is 287 g/mol. The molecule has 0 aliphatic rings.